The molecule has 0 aliphatic carbocycles. The average molecular weight is 461 g/mol. The Morgan fingerprint density at radius 1 is 1.19 bits per heavy atom. The molecule has 1 amide bonds. The Balaban J connectivity index is 1.69. The highest BCUT2D eigenvalue weighted by atomic mass is 32.2. The van der Waals surface area contributed by atoms with Crippen LogP contribution < -0.4 is 10.1 Å². The second kappa shape index (κ2) is 8.91. The van der Waals surface area contributed by atoms with Crippen molar-refractivity contribution in [1.29, 1.82) is 0 Å². The van der Waals surface area contributed by atoms with E-state index in [9.17, 15) is 17.6 Å². The number of amides is 1. The fraction of sp³-hybridized carbons (Fsp3) is 0.348. The number of aryl methyl sites for hydroxylation is 1. The van der Waals surface area contributed by atoms with Crippen LogP contribution in [0.5, 0.6) is 5.75 Å². The molecule has 1 aliphatic rings. The molecule has 1 fully saturated rings. The maximum absolute atomic E-state index is 14.1. The number of furan rings is 1. The first-order chi connectivity index (χ1) is 15.3. The third-order valence-electron chi connectivity index (χ3n) is 5.57. The van der Waals surface area contributed by atoms with E-state index in [-0.39, 0.29) is 21.9 Å². The minimum Gasteiger partial charge on any atom is -0.492 e. The van der Waals surface area contributed by atoms with Gasteiger partial charge in [-0.05, 0) is 51.0 Å². The number of rotatable bonds is 6. The van der Waals surface area contributed by atoms with Crippen molar-refractivity contribution in [1.82, 2.24) is 4.31 Å². The number of piperidine rings is 1. The molecular weight excluding hydrogens is 435 g/mol. The molecule has 7 nitrogen and oxygen atoms in total. The molecule has 0 spiro atoms. The van der Waals surface area contributed by atoms with Gasteiger partial charge in [-0.3, -0.25) is 4.79 Å². The van der Waals surface area contributed by atoms with Crippen LogP contribution in [0.15, 0.2) is 45.7 Å². The molecule has 170 valence electrons. The maximum atomic E-state index is 14.1. The molecule has 1 saturated heterocycles. The van der Waals surface area contributed by atoms with Gasteiger partial charge < -0.3 is 14.5 Å². The lowest BCUT2D eigenvalue weighted by Gasteiger charge is -2.26. The summed E-state index contributed by atoms with van der Waals surface area (Å²) < 4.78 is 52.8. The number of fused-ring (bicyclic) bond motifs is 1. The fourth-order valence-electron chi connectivity index (χ4n) is 3.91. The van der Waals surface area contributed by atoms with Gasteiger partial charge in [0.15, 0.2) is 17.2 Å². The first kappa shape index (κ1) is 22.3. The lowest BCUT2D eigenvalue weighted by atomic mass is 10.1. The SMILES string of the molecule is CCOc1ccc(S(=O)(=O)N2CCCCC2)cc1NC(=O)c1oc2c(F)cccc2c1C. The number of benzene rings is 2. The monoisotopic (exact) mass is 460 g/mol. The number of hydrogen-bond donors (Lipinski definition) is 1. The van der Waals surface area contributed by atoms with Gasteiger partial charge in [-0.25, -0.2) is 12.8 Å². The number of anilines is 1. The average Bonchev–Trinajstić information content (AvgIpc) is 3.13. The minimum absolute atomic E-state index is 0.00149. The van der Waals surface area contributed by atoms with Gasteiger partial charge in [0.25, 0.3) is 5.91 Å². The van der Waals surface area contributed by atoms with E-state index in [1.807, 2.05) is 0 Å². The van der Waals surface area contributed by atoms with Crippen molar-refractivity contribution >= 4 is 32.6 Å². The van der Waals surface area contributed by atoms with E-state index >= 15 is 0 Å². The molecule has 1 N–H and O–H groups in total. The molecule has 2 aromatic carbocycles. The third kappa shape index (κ3) is 4.10. The Kier molecular flexibility index (Phi) is 6.21. The molecule has 0 radical (unpaired) electrons. The Labute approximate surface area is 186 Å². The molecule has 1 aliphatic heterocycles. The lowest BCUT2D eigenvalue weighted by Crippen LogP contribution is -2.35. The van der Waals surface area contributed by atoms with E-state index in [4.69, 9.17) is 9.15 Å². The molecule has 1 aromatic heterocycles. The minimum atomic E-state index is -3.70. The summed E-state index contributed by atoms with van der Waals surface area (Å²) in [4.78, 5) is 13.1. The summed E-state index contributed by atoms with van der Waals surface area (Å²) in [6, 6.07) is 8.88. The van der Waals surface area contributed by atoms with E-state index in [2.05, 4.69) is 5.32 Å². The van der Waals surface area contributed by atoms with E-state index < -0.39 is 21.7 Å². The largest absolute Gasteiger partial charge is 0.492 e. The van der Waals surface area contributed by atoms with E-state index in [1.165, 1.54) is 28.6 Å². The zero-order valence-electron chi connectivity index (χ0n) is 18.0. The van der Waals surface area contributed by atoms with Crippen molar-refractivity contribution in [3.8, 4) is 5.75 Å². The highest BCUT2D eigenvalue weighted by molar-refractivity contribution is 7.89. The third-order valence-corrected chi connectivity index (χ3v) is 7.47. The molecule has 3 aromatic rings. The quantitative estimate of drug-likeness (QED) is 0.576. The lowest BCUT2D eigenvalue weighted by molar-refractivity contribution is 0.0997. The molecule has 2 heterocycles. The number of halogens is 1. The van der Waals surface area contributed by atoms with Crippen molar-refractivity contribution < 1.29 is 26.8 Å². The summed E-state index contributed by atoms with van der Waals surface area (Å²) in [6.45, 7) is 4.73. The van der Waals surface area contributed by atoms with E-state index in [1.54, 1.807) is 26.0 Å². The standard InChI is InChI=1S/C23H25FN2O5S/c1-3-30-20-11-10-16(32(28,29)26-12-5-4-6-13-26)14-19(20)25-23(27)21-15(2)17-8-7-9-18(24)22(17)31-21/h7-11,14H,3-6,12-13H2,1-2H3,(H,25,27). The molecule has 4 rings (SSSR count). The molecule has 0 atom stereocenters. The van der Waals surface area contributed by atoms with Crippen molar-refractivity contribution in [3.63, 3.8) is 0 Å². The van der Waals surface area contributed by atoms with Crippen LogP contribution in [0.25, 0.3) is 11.0 Å². The molecule has 32 heavy (non-hydrogen) atoms. The first-order valence-electron chi connectivity index (χ1n) is 10.6. The van der Waals surface area contributed by atoms with Gasteiger partial charge in [0.05, 0.1) is 17.2 Å². The Bertz CT molecular complexity index is 1260. The smallest absolute Gasteiger partial charge is 0.291 e. The summed E-state index contributed by atoms with van der Waals surface area (Å²) in [7, 11) is -3.70. The molecule has 0 bridgehead atoms. The Hall–Kier alpha value is -2.91. The Morgan fingerprint density at radius 3 is 2.62 bits per heavy atom. The zero-order chi connectivity index (χ0) is 22.9. The van der Waals surface area contributed by atoms with E-state index in [0.717, 1.165) is 19.3 Å². The van der Waals surface area contributed by atoms with Crippen LogP contribution in [0.4, 0.5) is 10.1 Å². The molecule has 0 unspecified atom stereocenters. The van der Waals surface area contributed by atoms with Crippen molar-refractivity contribution in [2.75, 3.05) is 25.0 Å². The summed E-state index contributed by atoms with van der Waals surface area (Å²) >= 11 is 0. The molecular formula is C23H25FN2O5S. The summed E-state index contributed by atoms with van der Waals surface area (Å²) in [6.07, 6.45) is 2.65. The van der Waals surface area contributed by atoms with Crippen LogP contribution in [-0.4, -0.2) is 38.3 Å². The number of para-hydroxylation sites is 1. The summed E-state index contributed by atoms with van der Waals surface area (Å²) in [5, 5.41) is 3.19. The predicted octanol–water partition coefficient (Wildman–Crippen LogP) is 4.71. The van der Waals surface area contributed by atoms with Gasteiger partial charge >= 0.3 is 0 Å². The van der Waals surface area contributed by atoms with Gasteiger partial charge in [0, 0.05) is 24.0 Å². The van der Waals surface area contributed by atoms with Gasteiger partial charge in [0.2, 0.25) is 10.0 Å². The van der Waals surface area contributed by atoms with E-state index in [0.29, 0.717) is 36.4 Å². The normalized spacial score (nSPS) is 15.1. The number of nitrogens with zero attached hydrogens (tertiary/aromatic N) is 1. The summed E-state index contributed by atoms with van der Waals surface area (Å²) in [5.41, 5.74) is 0.698. The summed E-state index contributed by atoms with van der Waals surface area (Å²) in [5.74, 6) is -0.893. The van der Waals surface area contributed by atoms with Crippen LogP contribution in [0, 0.1) is 12.7 Å². The van der Waals surface area contributed by atoms with Crippen LogP contribution in [0.2, 0.25) is 0 Å². The number of carbonyl (C=O) groups excluding carboxylic acids is 1. The van der Waals surface area contributed by atoms with Crippen molar-refractivity contribution in [2.45, 2.75) is 38.0 Å². The fourth-order valence-corrected chi connectivity index (χ4v) is 5.45. The van der Waals surface area contributed by atoms with Gasteiger partial charge in [0.1, 0.15) is 5.75 Å². The number of ether oxygens (including phenoxy) is 1. The maximum Gasteiger partial charge on any atom is 0.291 e. The van der Waals surface area contributed by atoms with Crippen LogP contribution >= 0.6 is 0 Å². The van der Waals surface area contributed by atoms with Gasteiger partial charge in [-0.15, -0.1) is 0 Å². The van der Waals surface area contributed by atoms with Crippen molar-refractivity contribution in [2.24, 2.45) is 0 Å². The highest BCUT2D eigenvalue weighted by Crippen LogP contribution is 2.32. The zero-order valence-corrected chi connectivity index (χ0v) is 18.8. The van der Waals surface area contributed by atoms with Gasteiger partial charge in [-0.1, -0.05) is 18.6 Å². The second-order valence-corrected chi connectivity index (χ2v) is 9.62. The van der Waals surface area contributed by atoms with Crippen LogP contribution in [0.1, 0.15) is 42.3 Å². The first-order valence-corrected chi connectivity index (χ1v) is 12.0. The number of nitrogens with one attached hydrogen (secondary N) is 1. The number of sulfonamides is 1. The number of carbonyl (C=O) groups is 1. The van der Waals surface area contributed by atoms with Gasteiger partial charge in [-0.2, -0.15) is 4.31 Å². The number of hydrogen-bond acceptors (Lipinski definition) is 5. The second-order valence-electron chi connectivity index (χ2n) is 7.68. The predicted molar refractivity (Wildman–Crippen MR) is 119 cm³/mol. The Morgan fingerprint density at radius 2 is 1.94 bits per heavy atom. The molecule has 0 saturated carbocycles. The topological polar surface area (TPSA) is 88.9 Å². The van der Waals surface area contributed by atoms with Crippen molar-refractivity contribution in [3.05, 3.63) is 53.5 Å². The highest BCUT2D eigenvalue weighted by Gasteiger charge is 2.27. The van der Waals surface area contributed by atoms with Crippen LogP contribution in [-0.2, 0) is 10.0 Å². The molecule has 9 heteroatoms. The van der Waals surface area contributed by atoms with Crippen LogP contribution in [0.3, 0.4) is 0 Å².